The lowest BCUT2D eigenvalue weighted by Gasteiger charge is -2.01. The van der Waals surface area contributed by atoms with Crippen molar-refractivity contribution in [3.8, 4) is 0 Å². The Bertz CT molecular complexity index is 279. The van der Waals surface area contributed by atoms with E-state index >= 15 is 0 Å². The lowest BCUT2D eigenvalue weighted by atomic mass is 10.1. The van der Waals surface area contributed by atoms with Crippen molar-refractivity contribution in [2.45, 2.75) is 84.0 Å². The summed E-state index contributed by atoms with van der Waals surface area (Å²) in [5, 5.41) is 0. The molecule has 0 aromatic heterocycles. The third-order valence-electron chi connectivity index (χ3n) is 3.54. The van der Waals surface area contributed by atoms with Crippen LogP contribution in [0, 0.1) is 0 Å². The molecule has 2 heteroatoms. The predicted molar refractivity (Wildman–Crippen MR) is 91.4 cm³/mol. The number of carbonyl (C=O) groups is 1. The molecule has 0 saturated carbocycles. The minimum atomic E-state index is -0.0775. The zero-order valence-electron chi connectivity index (χ0n) is 14.1. The van der Waals surface area contributed by atoms with Crippen LogP contribution in [-0.4, -0.2) is 13.1 Å². The Hall–Kier alpha value is -1.05. The molecule has 0 radical (unpaired) electrons. The summed E-state index contributed by atoms with van der Waals surface area (Å²) >= 11 is 0. The Morgan fingerprint density at radius 2 is 1.38 bits per heavy atom. The average Bonchev–Trinajstić information content (AvgIpc) is 2.50. The fourth-order valence-electron chi connectivity index (χ4n) is 2.19. The first-order chi connectivity index (χ1) is 10.3. The van der Waals surface area contributed by atoms with Crippen LogP contribution < -0.4 is 0 Å². The van der Waals surface area contributed by atoms with Crippen LogP contribution in [0.1, 0.15) is 84.0 Å². The molecule has 2 nitrogen and oxygen atoms in total. The maximum Gasteiger partial charge on any atom is 0.305 e. The molecule has 0 rings (SSSR count). The lowest BCUT2D eigenvalue weighted by Crippen LogP contribution is -1.99. The highest BCUT2D eigenvalue weighted by Crippen LogP contribution is 2.10. The van der Waals surface area contributed by atoms with Crippen molar-refractivity contribution < 1.29 is 9.53 Å². The minimum absolute atomic E-state index is 0.0775. The first-order valence-corrected chi connectivity index (χ1v) is 8.68. The molecule has 0 aromatic rings. The van der Waals surface area contributed by atoms with Gasteiger partial charge in [0.1, 0.15) is 0 Å². The zero-order chi connectivity index (χ0) is 15.6. The van der Waals surface area contributed by atoms with Gasteiger partial charge in [-0.15, -0.1) is 0 Å². The number of esters is 1. The molecule has 0 fully saturated rings. The van der Waals surface area contributed by atoms with Gasteiger partial charge < -0.3 is 4.74 Å². The molecule has 0 atom stereocenters. The second kappa shape index (κ2) is 17.0. The van der Waals surface area contributed by atoms with Crippen LogP contribution in [0.5, 0.6) is 0 Å². The van der Waals surface area contributed by atoms with Gasteiger partial charge in [-0.1, -0.05) is 69.8 Å². The lowest BCUT2D eigenvalue weighted by molar-refractivity contribution is -0.140. The van der Waals surface area contributed by atoms with E-state index in [9.17, 15) is 4.79 Å². The molecule has 21 heavy (non-hydrogen) atoms. The number of carbonyl (C=O) groups excluding carboxylic acids is 1. The fraction of sp³-hybridized carbons (Fsp3) is 0.737. The molecule has 0 aliphatic carbocycles. The minimum Gasteiger partial charge on any atom is -0.469 e. The maximum absolute atomic E-state index is 10.9. The highest BCUT2D eigenvalue weighted by atomic mass is 16.5. The molecule has 0 unspecified atom stereocenters. The SMILES string of the molecule is CCCC=CCC=CCCCCCCCCCC(=O)OC. The number of ether oxygens (including phenoxy) is 1. The highest BCUT2D eigenvalue weighted by molar-refractivity contribution is 5.68. The van der Waals surface area contributed by atoms with Crippen LogP contribution in [0.4, 0.5) is 0 Å². The number of allylic oxidation sites excluding steroid dienone is 4. The average molecular weight is 294 g/mol. The Labute approximate surface area is 131 Å². The van der Waals surface area contributed by atoms with Crippen molar-refractivity contribution >= 4 is 5.97 Å². The second-order valence-corrected chi connectivity index (χ2v) is 5.56. The van der Waals surface area contributed by atoms with Gasteiger partial charge in [0.2, 0.25) is 0 Å². The molecular formula is C19H34O2. The van der Waals surface area contributed by atoms with E-state index in [-0.39, 0.29) is 5.97 Å². The largest absolute Gasteiger partial charge is 0.469 e. The summed E-state index contributed by atoms with van der Waals surface area (Å²) in [7, 11) is 1.46. The summed E-state index contributed by atoms with van der Waals surface area (Å²) in [5.74, 6) is -0.0775. The van der Waals surface area contributed by atoms with Crippen molar-refractivity contribution in [1.82, 2.24) is 0 Å². The van der Waals surface area contributed by atoms with Crippen molar-refractivity contribution in [3.63, 3.8) is 0 Å². The summed E-state index contributed by atoms with van der Waals surface area (Å²) in [5.41, 5.74) is 0. The summed E-state index contributed by atoms with van der Waals surface area (Å²) in [6.07, 6.45) is 23.0. The van der Waals surface area contributed by atoms with Crippen LogP contribution >= 0.6 is 0 Å². The van der Waals surface area contributed by atoms with Crippen molar-refractivity contribution in [2.75, 3.05) is 7.11 Å². The van der Waals surface area contributed by atoms with Gasteiger partial charge in [-0.25, -0.2) is 0 Å². The molecular weight excluding hydrogens is 260 g/mol. The van der Waals surface area contributed by atoms with E-state index in [4.69, 9.17) is 0 Å². The predicted octanol–water partition coefficient (Wildman–Crippen LogP) is 5.97. The van der Waals surface area contributed by atoms with E-state index in [0.717, 1.165) is 19.3 Å². The topological polar surface area (TPSA) is 26.3 Å². The smallest absolute Gasteiger partial charge is 0.305 e. The molecule has 0 spiro atoms. The van der Waals surface area contributed by atoms with Crippen LogP contribution in [-0.2, 0) is 9.53 Å². The van der Waals surface area contributed by atoms with Crippen LogP contribution in [0.2, 0.25) is 0 Å². The standard InChI is InChI=1S/C19H34O2/c1-3-4-5-6-7-8-9-10-11-12-13-14-15-16-17-18-19(20)21-2/h5-6,8-9H,3-4,7,10-18H2,1-2H3. The Balaban J connectivity index is 3.15. The van der Waals surface area contributed by atoms with Gasteiger partial charge in [0.05, 0.1) is 7.11 Å². The van der Waals surface area contributed by atoms with Crippen molar-refractivity contribution in [2.24, 2.45) is 0 Å². The third-order valence-corrected chi connectivity index (χ3v) is 3.54. The highest BCUT2D eigenvalue weighted by Gasteiger charge is 1.98. The van der Waals surface area contributed by atoms with Gasteiger partial charge >= 0.3 is 5.97 Å². The van der Waals surface area contributed by atoms with E-state index in [0.29, 0.717) is 6.42 Å². The summed E-state index contributed by atoms with van der Waals surface area (Å²) < 4.78 is 4.62. The van der Waals surface area contributed by atoms with E-state index in [2.05, 4.69) is 36.0 Å². The summed E-state index contributed by atoms with van der Waals surface area (Å²) in [4.78, 5) is 10.9. The number of unbranched alkanes of at least 4 members (excludes halogenated alkanes) is 8. The third kappa shape index (κ3) is 16.9. The van der Waals surface area contributed by atoms with Crippen LogP contribution in [0.25, 0.3) is 0 Å². The van der Waals surface area contributed by atoms with Crippen LogP contribution in [0.15, 0.2) is 24.3 Å². The molecule has 0 N–H and O–H groups in total. The quantitative estimate of drug-likeness (QED) is 0.224. The van der Waals surface area contributed by atoms with Gasteiger partial charge in [0.25, 0.3) is 0 Å². The molecule has 0 aliphatic heterocycles. The fourth-order valence-corrected chi connectivity index (χ4v) is 2.19. The monoisotopic (exact) mass is 294 g/mol. The Morgan fingerprint density at radius 1 is 0.810 bits per heavy atom. The number of hydrogen-bond acceptors (Lipinski definition) is 2. The number of hydrogen-bond donors (Lipinski definition) is 0. The van der Waals surface area contributed by atoms with Gasteiger partial charge in [0.15, 0.2) is 0 Å². The summed E-state index contributed by atoms with van der Waals surface area (Å²) in [6, 6.07) is 0. The first kappa shape index (κ1) is 19.9. The summed E-state index contributed by atoms with van der Waals surface area (Å²) in [6.45, 7) is 2.21. The molecule has 0 aliphatic rings. The normalized spacial score (nSPS) is 11.5. The second-order valence-electron chi connectivity index (χ2n) is 5.56. The van der Waals surface area contributed by atoms with Gasteiger partial charge in [0, 0.05) is 6.42 Å². The maximum atomic E-state index is 10.9. The van der Waals surface area contributed by atoms with Gasteiger partial charge in [-0.2, -0.15) is 0 Å². The molecule has 122 valence electrons. The molecule has 0 saturated heterocycles. The Kier molecular flexibility index (Phi) is 16.2. The number of methoxy groups -OCH3 is 1. The number of rotatable bonds is 14. The Morgan fingerprint density at radius 3 is 2.00 bits per heavy atom. The van der Waals surface area contributed by atoms with E-state index in [1.165, 1.54) is 58.5 Å². The molecule has 0 heterocycles. The van der Waals surface area contributed by atoms with E-state index in [1.54, 1.807) is 0 Å². The van der Waals surface area contributed by atoms with Crippen molar-refractivity contribution in [1.29, 1.82) is 0 Å². The van der Waals surface area contributed by atoms with Crippen LogP contribution in [0.3, 0.4) is 0 Å². The molecule has 0 amide bonds. The van der Waals surface area contributed by atoms with E-state index < -0.39 is 0 Å². The van der Waals surface area contributed by atoms with Crippen molar-refractivity contribution in [3.05, 3.63) is 24.3 Å². The first-order valence-electron chi connectivity index (χ1n) is 8.68. The zero-order valence-corrected chi connectivity index (χ0v) is 14.1. The van der Waals surface area contributed by atoms with E-state index in [1.807, 2.05) is 0 Å². The van der Waals surface area contributed by atoms with Gasteiger partial charge in [-0.3, -0.25) is 4.79 Å². The molecule has 0 bridgehead atoms. The van der Waals surface area contributed by atoms with Gasteiger partial charge in [-0.05, 0) is 32.1 Å². The molecule has 0 aromatic carbocycles.